The number of ether oxygens (including phenoxy) is 2. The molecule has 5 rings (SSSR count). The molecule has 218 valence electrons. The number of benzene rings is 1. The molecule has 2 fully saturated rings. The maximum absolute atomic E-state index is 13.9. The van der Waals surface area contributed by atoms with Crippen molar-refractivity contribution in [1.29, 1.82) is 0 Å². The summed E-state index contributed by atoms with van der Waals surface area (Å²) < 4.78 is 52.1. The van der Waals surface area contributed by atoms with Crippen LogP contribution in [0.25, 0.3) is 11.3 Å². The molecule has 2 saturated heterocycles. The summed E-state index contributed by atoms with van der Waals surface area (Å²) in [5.41, 5.74) is 0.0507. The molecule has 0 aliphatic carbocycles. The van der Waals surface area contributed by atoms with Crippen molar-refractivity contribution in [2.45, 2.75) is 25.9 Å². The van der Waals surface area contributed by atoms with Gasteiger partial charge in [-0.25, -0.2) is 15.0 Å². The number of hydrogen-bond acceptors (Lipinski definition) is 10. The van der Waals surface area contributed by atoms with Crippen LogP contribution in [-0.4, -0.2) is 72.8 Å². The first-order chi connectivity index (χ1) is 19.7. The number of amides is 1. The van der Waals surface area contributed by atoms with E-state index in [0.29, 0.717) is 75.9 Å². The van der Waals surface area contributed by atoms with E-state index in [4.69, 9.17) is 9.47 Å². The normalized spacial score (nSPS) is 16.5. The van der Waals surface area contributed by atoms with Crippen molar-refractivity contribution < 1.29 is 32.2 Å². The third-order valence-corrected chi connectivity index (χ3v) is 7.74. The van der Waals surface area contributed by atoms with Gasteiger partial charge in [-0.1, -0.05) is 6.07 Å². The number of rotatable bonds is 7. The van der Waals surface area contributed by atoms with E-state index in [-0.39, 0.29) is 28.4 Å². The number of halogens is 3. The van der Waals surface area contributed by atoms with Gasteiger partial charge in [0.2, 0.25) is 0 Å². The maximum Gasteiger partial charge on any atom is 0.418 e. The van der Waals surface area contributed by atoms with Crippen LogP contribution in [0, 0.1) is 5.92 Å². The summed E-state index contributed by atoms with van der Waals surface area (Å²) in [6.45, 7) is 4.89. The first kappa shape index (κ1) is 28.7. The van der Waals surface area contributed by atoms with Crippen molar-refractivity contribution in [3.8, 4) is 11.3 Å². The molecule has 0 radical (unpaired) electrons. The minimum absolute atomic E-state index is 0.0705. The number of anilines is 3. The molecular formula is C27H29F3N6O4S. The van der Waals surface area contributed by atoms with E-state index in [1.54, 1.807) is 23.3 Å². The van der Waals surface area contributed by atoms with E-state index < -0.39 is 17.6 Å². The molecule has 14 heteroatoms. The number of thiazole rings is 1. The Kier molecular flexibility index (Phi) is 8.68. The predicted molar refractivity (Wildman–Crippen MR) is 147 cm³/mol. The highest BCUT2D eigenvalue weighted by molar-refractivity contribution is 7.14. The highest BCUT2D eigenvalue weighted by Crippen LogP contribution is 2.40. The van der Waals surface area contributed by atoms with E-state index in [0.717, 1.165) is 17.4 Å². The number of esters is 1. The van der Waals surface area contributed by atoms with Crippen LogP contribution in [0.2, 0.25) is 0 Å². The monoisotopic (exact) mass is 590 g/mol. The second-order valence-corrected chi connectivity index (χ2v) is 10.5. The number of carbonyl (C=O) groups is 2. The molecule has 1 aromatic carbocycles. The zero-order valence-electron chi connectivity index (χ0n) is 22.3. The van der Waals surface area contributed by atoms with Crippen LogP contribution in [-0.2, 0) is 20.4 Å². The van der Waals surface area contributed by atoms with Crippen molar-refractivity contribution >= 4 is 39.9 Å². The van der Waals surface area contributed by atoms with Crippen LogP contribution >= 0.6 is 11.3 Å². The fourth-order valence-electron chi connectivity index (χ4n) is 4.83. The van der Waals surface area contributed by atoms with E-state index in [1.165, 1.54) is 18.5 Å². The highest BCUT2D eigenvalue weighted by atomic mass is 32.1. The lowest BCUT2D eigenvalue weighted by molar-refractivity contribution is -0.148. The Balaban J connectivity index is 1.23. The van der Waals surface area contributed by atoms with Gasteiger partial charge in [-0.2, -0.15) is 13.2 Å². The summed E-state index contributed by atoms with van der Waals surface area (Å²) in [7, 11) is 0. The van der Waals surface area contributed by atoms with Crippen molar-refractivity contribution in [3.05, 3.63) is 47.2 Å². The largest absolute Gasteiger partial charge is 0.466 e. The quantitative estimate of drug-likeness (QED) is 0.398. The van der Waals surface area contributed by atoms with Crippen molar-refractivity contribution in [3.63, 3.8) is 0 Å². The molecule has 10 nitrogen and oxygen atoms in total. The number of morpholine rings is 1. The van der Waals surface area contributed by atoms with Crippen LogP contribution in [0.15, 0.2) is 36.0 Å². The first-order valence-electron chi connectivity index (χ1n) is 13.3. The van der Waals surface area contributed by atoms with Gasteiger partial charge in [-0.15, -0.1) is 11.3 Å². The van der Waals surface area contributed by atoms with Crippen LogP contribution in [0.3, 0.4) is 0 Å². The average molecular weight is 591 g/mol. The Morgan fingerprint density at radius 3 is 2.51 bits per heavy atom. The summed E-state index contributed by atoms with van der Waals surface area (Å²) in [6.07, 6.45) is -0.387. The van der Waals surface area contributed by atoms with Gasteiger partial charge in [0, 0.05) is 42.8 Å². The summed E-state index contributed by atoms with van der Waals surface area (Å²) in [4.78, 5) is 41.3. The van der Waals surface area contributed by atoms with Crippen LogP contribution in [0.1, 0.15) is 35.8 Å². The molecule has 3 aromatic rings. The van der Waals surface area contributed by atoms with Gasteiger partial charge in [0.25, 0.3) is 5.91 Å². The number of nitrogens with zero attached hydrogens (tertiary/aromatic N) is 5. The molecule has 0 atom stereocenters. The molecule has 2 aliphatic heterocycles. The molecule has 41 heavy (non-hydrogen) atoms. The van der Waals surface area contributed by atoms with E-state index in [2.05, 4.69) is 20.3 Å². The van der Waals surface area contributed by atoms with E-state index >= 15 is 0 Å². The Hall–Kier alpha value is -3.78. The van der Waals surface area contributed by atoms with Crippen LogP contribution in [0.5, 0.6) is 0 Å². The van der Waals surface area contributed by atoms with Gasteiger partial charge < -0.3 is 19.3 Å². The fraction of sp³-hybridized carbons (Fsp3) is 0.444. The van der Waals surface area contributed by atoms with Gasteiger partial charge in [0.1, 0.15) is 11.5 Å². The zero-order valence-corrected chi connectivity index (χ0v) is 23.1. The number of aromatic nitrogens is 3. The summed E-state index contributed by atoms with van der Waals surface area (Å²) >= 11 is 1.10. The third kappa shape index (κ3) is 6.76. The van der Waals surface area contributed by atoms with Crippen molar-refractivity contribution in [2.24, 2.45) is 5.92 Å². The summed E-state index contributed by atoms with van der Waals surface area (Å²) in [5.74, 6) is -0.248. The molecule has 0 bridgehead atoms. The Morgan fingerprint density at radius 1 is 1.10 bits per heavy atom. The molecule has 0 saturated carbocycles. The van der Waals surface area contributed by atoms with E-state index in [9.17, 15) is 22.8 Å². The van der Waals surface area contributed by atoms with Crippen molar-refractivity contribution in [1.82, 2.24) is 15.0 Å². The Morgan fingerprint density at radius 2 is 1.85 bits per heavy atom. The lowest BCUT2D eigenvalue weighted by Gasteiger charge is -2.31. The molecular weight excluding hydrogens is 561 g/mol. The van der Waals surface area contributed by atoms with Gasteiger partial charge in [-0.05, 0) is 31.9 Å². The standard InChI is InChI=1S/C27H29F3N6O4S/c1-2-40-25(38)17-5-7-36(8-6-17)23-15-31-20(14-32-23)24(37)34-26-33-21(16-41-26)18-3-4-22(19(13-18)27(28,29)30)35-9-11-39-12-10-35/h3-4,13-17H,2,5-12H2,1H3,(H,33,34,37). The van der Waals surface area contributed by atoms with Gasteiger partial charge in [0.15, 0.2) is 5.13 Å². The molecule has 2 aromatic heterocycles. The zero-order chi connectivity index (χ0) is 29.0. The van der Waals surface area contributed by atoms with E-state index in [1.807, 2.05) is 4.90 Å². The number of nitrogens with one attached hydrogen (secondary N) is 1. The number of hydrogen-bond donors (Lipinski definition) is 1. The topological polar surface area (TPSA) is 110 Å². The molecule has 2 aliphatic rings. The Labute approximate surface area is 238 Å². The summed E-state index contributed by atoms with van der Waals surface area (Å²) in [5, 5.41) is 4.46. The highest BCUT2D eigenvalue weighted by Gasteiger charge is 2.36. The smallest absolute Gasteiger partial charge is 0.418 e. The fourth-order valence-corrected chi connectivity index (χ4v) is 5.55. The predicted octanol–water partition coefficient (Wildman–Crippen LogP) is 4.49. The van der Waals surface area contributed by atoms with Gasteiger partial charge in [-0.3, -0.25) is 14.9 Å². The lowest BCUT2D eigenvalue weighted by atomic mass is 9.97. The second kappa shape index (κ2) is 12.4. The van der Waals surface area contributed by atoms with Crippen molar-refractivity contribution in [2.75, 3.05) is 61.1 Å². The lowest BCUT2D eigenvalue weighted by Crippen LogP contribution is -2.37. The maximum atomic E-state index is 13.9. The number of carbonyl (C=O) groups excluding carboxylic acids is 2. The van der Waals surface area contributed by atoms with Gasteiger partial charge in [0.05, 0.1) is 49.4 Å². The van der Waals surface area contributed by atoms with Gasteiger partial charge >= 0.3 is 12.1 Å². The number of alkyl halides is 3. The second-order valence-electron chi connectivity index (χ2n) is 9.59. The third-order valence-electron chi connectivity index (χ3n) is 6.98. The van der Waals surface area contributed by atoms with Crippen LogP contribution < -0.4 is 15.1 Å². The summed E-state index contributed by atoms with van der Waals surface area (Å²) in [6, 6.07) is 4.14. The molecule has 1 N–H and O–H groups in total. The SMILES string of the molecule is CCOC(=O)C1CCN(c2cnc(C(=O)Nc3nc(-c4ccc(N5CCOCC5)c(C(F)(F)F)c4)cs3)cn2)CC1. The molecule has 0 spiro atoms. The molecule has 0 unspecified atom stereocenters. The molecule has 4 heterocycles. The first-order valence-corrected chi connectivity index (χ1v) is 14.2. The Bertz CT molecular complexity index is 1370. The molecule has 1 amide bonds. The van der Waals surface area contributed by atoms with Crippen LogP contribution in [0.4, 0.5) is 29.8 Å². The minimum atomic E-state index is -4.54. The minimum Gasteiger partial charge on any atom is -0.466 e. The number of piperidine rings is 1. The average Bonchev–Trinajstić information content (AvgIpc) is 3.45.